The molecular weight excluding hydrogens is 344 g/mol. The highest BCUT2D eigenvalue weighted by Crippen LogP contribution is 2.19. The molecule has 3 heterocycles. The van der Waals surface area contributed by atoms with Gasteiger partial charge in [0.1, 0.15) is 11.7 Å². The summed E-state index contributed by atoms with van der Waals surface area (Å²) in [7, 11) is 2.02. The lowest BCUT2D eigenvalue weighted by Gasteiger charge is -2.01. The second-order valence-corrected chi connectivity index (χ2v) is 5.74. The van der Waals surface area contributed by atoms with Gasteiger partial charge in [0.25, 0.3) is 0 Å². The number of pyridine rings is 2. The lowest BCUT2D eigenvalue weighted by Crippen LogP contribution is -1.85. The minimum Gasteiger partial charge on any atom is -0.335 e. The summed E-state index contributed by atoms with van der Waals surface area (Å²) in [6.45, 7) is 12.1. The largest absolute Gasteiger partial charge is 0.335 e. The molecule has 0 atom stereocenters. The summed E-state index contributed by atoms with van der Waals surface area (Å²) in [5.74, 6) is 0. The van der Waals surface area contributed by atoms with Gasteiger partial charge < -0.3 is 4.57 Å². The van der Waals surface area contributed by atoms with Crippen molar-refractivity contribution in [1.82, 2.24) is 14.5 Å². The molecule has 0 amide bonds. The third-order valence-corrected chi connectivity index (χ3v) is 4.04. The van der Waals surface area contributed by atoms with Crippen molar-refractivity contribution in [3.05, 3.63) is 71.7 Å². The summed E-state index contributed by atoms with van der Waals surface area (Å²) in [4.78, 5) is 8.45. The van der Waals surface area contributed by atoms with E-state index >= 15 is 0 Å². The zero-order valence-corrected chi connectivity index (χ0v) is 18.0. The molecule has 0 saturated carbocycles. The Morgan fingerprint density at radius 3 is 2.04 bits per heavy atom. The van der Waals surface area contributed by atoms with Gasteiger partial charge in [-0.05, 0) is 49.2 Å². The molecule has 4 rings (SSSR count). The molecule has 0 N–H and O–H groups in total. The lowest BCUT2D eigenvalue weighted by atomic mass is 10.1. The van der Waals surface area contributed by atoms with Gasteiger partial charge in [-0.15, -0.1) is 0 Å². The second-order valence-electron chi connectivity index (χ2n) is 5.74. The van der Waals surface area contributed by atoms with Gasteiger partial charge in [0.2, 0.25) is 0 Å². The molecule has 4 heteroatoms. The Morgan fingerprint density at radius 2 is 1.43 bits per heavy atom. The van der Waals surface area contributed by atoms with Crippen LogP contribution in [0, 0.1) is 25.2 Å². The molecule has 4 nitrogen and oxygen atoms in total. The molecule has 0 fully saturated rings. The van der Waals surface area contributed by atoms with Crippen LogP contribution in [0.3, 0.4) is 0 Å². The van der Waals surface area contributed by atoms with E-state index in [-0.39, 0.29) is 0 Å². The van der Waals surface area contributed by atoms with Gasteiger partial charge in [0, 0.05) is 36.4 Å². The van der Waals surface area contributed by atoms with Crippen molar-refractivity contribution in [2.24, 2.45) is 7.05 Å². The Labute approximate surface area is 168 Å². The van der Waals surface area contributed by atoms with E-state index < -0.39 is 0 Å². The van der Waals surface area contributed by atoms with Crippen LogP contribution in [0.4, 0.5) is 0 Å². The number of hydrogen-bond donors (Lipinski definition) is 0. The van der Waals surface area contributed by atoms with E-state index in [1.165, 1.54) is 10.9 Å². The van der Waals surface area contributed by atoms with Crippen LogP contribution in [0.5, 0.6) is 0 Å². The zero-order chi connectivity index (χ0) is 21.1. The SMILES string of the molecule is CC.CC.Cc1ccc(C#N)c2ncccc12.Cc1cn(C)c2ncccc12. The highest BCUT2D eigenvalue weighted by atomic mass is 15.0. The Hall–Kier alpha value is -3.19. The van der Waals surface area contributed by atoms with Gasteiger partial charge in [0.15, 0.2) is 0 Å². The number of nitrogens with zero attached hydrogens (tertiary/aromatic N) is 4. The van der Waals surface area contributed by atoms with Crippen LogP contribution in [-0.4, -0.2) is 14.5 Å². The topological polar surface area (TPSA) is 54.5 Å². The van der Waals surface area contributed by atoms with Crippen LogP contribution in [0.2, 0.25) is 0 Å². The Bertz CT molecular complexity index is 1020. The molecule has 0 bridgehead atoms. The van der Waals surface area contributed by atoms with Crippen LogP contribution < -0.4 is 0 Å². The Kier molecular flexibility index (Phi) is 9.39. The molecule has 1 aromatic carbocycles. The van der Waals surface area contributed by atoms with Gasteiger partial charge in [-0.1, -0.05) is 39.8 Å². The molecule has 0 aliphatic carbocycles. The first kappa shape index (κ1) is 22.9. The summed E-state index contributed by atoms with van der Waals surface area (Å²) in [5, 5.41) is 11.1. The van der Waals surface area contributed by atoms with Crippen LogP contribution in [0.25, 0.3) is 21.9 Å². The third kappa shape index (κ3) is 5.17. The minimum atomic E-state index is 0.640. The maximum Gasteiger partial charge on any atom is 0.139 e. The lowest BCUT2D eigenvalue weighted by molar-refractivity contribution is 0.944. The number of hydrogen-bond acceptors (Lipinski definition) is 3. The molecule has 28 heavy (non-hydrogen) atoms. The quantitative estimate of drug-likeness (QED) is 0.360. The highest BCUT2D eigenvalue weighted by Gasteiger charge is 2.02. The molecule has 0 saturated heterocycles. The van der Waals surface area contributed by atoms with E-state index in [0.29, 0.717) is 5.56 Å². The molecular formula is C24H30N4. The molecule has 0 aliphatic heterocycles. The number of aromatic nitrogens is 3. The number of rotatable bonds is 0. The molecule has 146 valence electrons. The van der Waals surface area contributed by atoms with Crippen molar-refractivity contribution >= 4 is 21.9 Å². The van der Waals surface area contributed by atoms with E-state index in [2.05, 4.69) is 35.2 Å². The monoisotopic (exact) mass is 374 g/mol. The number of aryl methyl sites for hydroxylation is 3. The maximum absolute atomic E-state index is 8.84. The average molecular weight is 375 g/mol. The molecule has 0 unspecified atom stereocenters. The predicted octanol–water partition coefficient (Wildman–Crippen LogP) is 6.35. The number of benzene rings is 1. The van der Waals surface area contributed by atoms with Gasteiger partial charge in [0.05, 0.1) is 11.1 Å². The third-order valence-electron chi connectivity index (χ3n) is 4.04. The van der Waals surface area contributed by atoms with E-state index in [4.69, 9.17) is 5.26 Å². The van der Waals surface area contributed by atoms with Crippen molar-refractivity contribution in [2.45, 2.75) is 41.5 Å². The van der Waals surface area contributed by atoms with Gasteiger partial charge in [-0.2, -0.15) is 5.26 Å². The molecule has 4 aromatic rings. The minimum absolute atomic E-state index is 0.640. The normalized spacial score (nSPS) is 9.21. The van der Waals surface area contributed by atoms with E-state index in [1.54, 1.807) is 6.20 Å². The van der Waals surface area contributed by atoms with Crippen molar-refractivity contribution < 1.29 is 0 Å². The fourth-order valence-corrected chi connectivity index (χ4v) is 2.81. The van der Waals surface area contributed by atoms with Gasteiger partial charge in [-0.25, -0.2) is 4.98 Å². The smallest absolute Gasteiger partial charge is 0.139 e. The molecule has 0 aliphatic rings. The average Bonchev–Trinajstić information content (AvgIpc) is 3.06. The van der Waals surface area contributed by atoms with E-state index in [1.807, 2.05) is 82.8 Å². The van der Waals surface area contributed by atoms with Crippen molar-refractivity contribution in [1.29, 1.82) is 5.26 Å². The number of fused-ring (bicyclic) bond motifs is 2. The van der Waals surface area contributed by atoms with Crippen LogP contribution in [0.1, 0.15) is 44.4 Å². The van der Waals surface area contributed by atoms with E-state index in [0.717, 1.165) is 22.1 Å². The fraction of sp³-hybridized carbons (Fsp3) is 0.292. The maximum atomic E-state index is 8.84. The van der Waals surface area contributed by atoms with Crippen molar-refractivity contribution in [2.75, 3.05) is 0 Å². The zero-order valence-electron chi connectivity index (χ0n) is 18.0. The molecule has 3 aromatic heterocycles. The molecule has 0 radical (unpaired) electrons. The summed E-state index contributed by atoms with van der Waals surface area (Å²) < 4.78 is 2.05. The standard InChI is InChI=1S/C11H8N2.C9H10N2.2C2H6/c1-8-4-5-9(7-12)11-10(8)3-2-6-13-11;1-7-6-11(2)9-8(7)4-3-5-10-9;2*1-2/h2-6H,1H3;3-6H,1-2H3;2*1-2H3. The van der Waals surface area contributed by atoms with Crippen LogP contribution in [-0.2, 0) is 7.05 Å². The van der Waals surface area contributed by atoms with Gasteiger partial charge in [-0.3, -0.25) is 4.98 Å². The van der Waals surface area contributed by atoms with Crippen LogP contribution >= 0.6 is 0 Å². The summed E-state index contributed by atoms with van der Waals surface area (Å²) in [6, 6.07) is 13.8. The van der Waals surface area contributed by atoms with Crippen molar-refractivity contribution in [3.8, 4) is 6.07 Å². The van der Waals surface area contributed by atoms with Crippen molar-refractivity contribution in [3.63, 3.8) is 0 Å². The van der Waals surface area contributed by atoms with Crippen LogP contribution in [0.15, 0.2) is 55.0 Å². The first-order chi connectivity index (χ1) is 13.6. The summed E-state index contributed by atoms with van der Waals surface area (Å²) in [6.07, 6.45) is 5.63. The fourth-order valence-electron chi connectivity index (χ4n) is 2.81. The predicted molar refractivity (Wildman–Crippen MR) is 119 cm³/mol. The Balaban J connectivity index is 0.000000240. The molecule has 0 spiro atoms. The first-order valence-corrected chi connectivity index (χ1v) is 9.73. The first-order valence-electron chi connectivity index (χ1n) is 9.73. The highest BCUT2D eigenvalue weighted by molar-refractivity contribution is 5.86. The number of nitriles is 1. The van der Waals surface area contributed by atoms with Gasteiger partial charge >= 0.3 is 0 Å². The van der Waals surface area contributed by atoms with E-state index in [9.17, 15) is 0 Å². The Morgan fingerprint density at radius 1 is 0.821 bits per heavy atom. The second kappa shape index (κ2) is 11.5. The summed E-state index contributed by atoms with van der Waals surface area (Å²) in [5.41, 5.74) is 4.94. The summed E-state index contributed by atoms with van der Waals surface area (Å²) >= 11 is 0.